The van der Waals surface area contributed by atoms with Crippen molar-refractivity contribution in [2.75, 3.05) is 0 Å². The van der Waals surface area contributed by atoms with Crippen molar-refractivity contribution in [1.29, 1.82) is 0 Å². The van der Waals surface area contributed by atoms with E-state index in [0.717, 1.165) is 29.3 Å². The highest BCUT2D eigenvalue weighted by atomic mass is 16.6. The molecule has 1 N–H and O–H groups in total. The first-order valence-corrected chi connectivity index (χ1v) is 9.35. The van der Waals surface area contributed by atoms with Crippen LogP contribution in [0.25, 0.3) is 10.9 Å². The fourth-order valence-electron chi connectivity index (χ4n) is 4.54. The third-order valence-corrected chi connectivity index (χ3v) is 5.50. The van der Waals surface area contributed by atoms with E-state index in [-0.39, 0.29) is 18.2 Å². The van der Waals surface area contributed by atoms with Crippen molar-refractivity contribution in [1.82, 2.24) is 9.88 Å². The fraction of sp³-hybridized carbons (Fsp3) is 0.524. The minimum atomic E-state index is -0.960. The molecule has 2 saturated heterocycles. The van der Waals surface area contributed by atoms with Crippen LogP contribution in [-0.2, 0) is 10.3 Å². The highest BCUT2D eigenvalue weighted by Crippen LogP contribution is 2.47. The number of hydrogen-bond donors (Lipinski definition) is 1. The number of carbonyl (C=O) groups excluding carboxylic acids is 1. The van der Waals surface area contributed by atoms with Gasteiger partial charge in [0.25, 0.3) is 0 Å². The van der Waals surface area contributed by atoms with E-state index < -0.39 is 11.2 Å². The van der Waals surface area contributed by atoms with Crippen molar-refractivity contribution < 1.29 is 14.6 Å². The largest absolute Gasteiger partial charge is 0.444 e. The SMILES string of the molecule is CC(C)(C)OC(=O)N1C2CCC1CC(O)(c1cccc3cccnc13)C2. The minimum Gasteiger partial charge on any atom is -0.444 e. The molecule has 2 aliphatic rings. The number of piperidine rings is 1. The summed E-state index contributed by atoms with van der Waals surface area (Å²) < 4.78 is 5.60. The molecule has 0 radical (unpaired) electrons. The van der Waals surface area contributed by atoms with Crippen molar-refractivity contribution in [3.8, 4) is 0 Å². The zero-order chi connectivity index (χ0) is 18.5. The van der Waals surface area contributed by atoms with Gasteiger partial charge in [-0.25, -0.2) is 4.79 Å². The molecule has 2 aromatic rings. The second-order valence-electron chi connectivity index (χ2n) is 8.59. The Morgan fingerprint density at radius 2 is 1.85 bits per heavy atom. The summed E-state index contributed by atoms with van der Waals surface area (Å²) >= 11 is 0. The number of aromatic nitrogens is 1. The molecule has 1 aromatic carbocycles. The maximum absolute atomic E-state index is 12.6. The van der Waals surface area contributed by atoms with E-state index in [0.29, 0.717) is 12.8 Å². The predicted molar refractivity (Wildman–Crippen MR) is 99.8 cm³/mol. The Balaban J connectivity index is 1.65. The lowest BCUT2D eigenvalue weighted by molar-refractivity contribution is -0.0617. The van der Waals surface area contributed by atoms with E-state index in [1.54, 1.807) is 6.20 Å². The van der Waals surface area contributed by atoms with Crippen LogP contribution in [0.2, 0.25) is 0 Å². The molecule has 0 spiro atoms. The fourth-order valence-corrected chi connectivity index (χ4v) is 4.54. The van der Waals surface area contributed by atoms with E-state index in [1.807, 2.05) is 56.0 Å². The molecular formula is C21H26N2O3. The van der Waals surface area contributed by atoms with Crippen LogP contribution in [0.4, 0.5) is 4.79 Å². The van der Waals surface area contributed by atoms with Gasteiger partial charge >= 0.3 is 6.09 Å². The minimum absolute atomic E-state index is 0.00701. The van der Waals surface area contributed by atoms with E-state index in [4.69, 9.17) is 4.74 Å². The number of fused-ring (bicyclic) bond motifs is 3. The first kappa shape index (κ1) is 17.3. The summed E-state index contributed by atoms with van der Waals surface area (Å²) in [5.41, 5.74) is 0.251. The van der Waals surface area contributed by atoms with Crippen LogP contribution < -0.4 is 0 Å². The topological polar surface area (TPSA) is 62.7 Å². The maximum atomic E-state index is 12.6. The van der Waals surface area contributed by atoms with Gasteiger partial charge in [0.15, 0.2) is 0 Å². The maximum Gasteiger partial charge on any atom is 0.410 e. The quantitative estimate of drug-likeness (QED) is 0.841. The van der Waals surface area contributed by atoms with Crippen LogP contribution in [0.1, 0.15) is 52.0 Å². The Labute approximate surface area is 154 Å². The highest BCUT2D eigenvalue weighted by Gasteiger charge is 2.51. The van der Waals surface area contributed by atoms with Gasteiger partial charge in [0.2, 0.25) is 0 Å². The van der Waals surface area contributed by atoms with Gasteiger partial charge in [0.05, 0.1) is 11.1 Å². The number of amides is 1. The van der Waals surface area contributed by atoms with Gasteiger partial charge in [-0.05, 0) is 39.7 Å². The molecule has 2 unspecified atom stereocenters. The molecule has 0 aliphatic carbocycles. The van der Waals surface area contributed by atoms with Crippen LogP contribution in [0.5, 0.6) is 0 Å². The second-order valence-corrected chi connectivity index (χ2v) is 8.59. The van der Waals surface area contributed by atoms with Gasteiger partial charge < -0.3 is 14.7 Å². The third kappa shape index (κ3) is 2.94. The molecular weight excluding hydrogens is 328 g/mol. The van der Waals surface area contributed by atoms with Crippen molar-refractivity contribution in [2.45, 2.75) is 69.7 Å². The van der Waals surface area contributed by atoms with Crippen LogP contribution in [0, 0.1) is 0 Å². The number of para-hydroxylation sites is 1. The summed E-state index contributed by atoms with van der Waals surface area (Å²) in [5.74, 6) is 0. The number of rotatable bonds is 1. The molecule has 4 rings (SSSR count). The van der Waals surface area contributed by atoms with Crippen LogP contribution in [0.3, 0.4) is 0 Å². The Hall–Kier alpha value is -2.14. The third-order valence-electron chi connectivity index (χ3n) is 5.50. The van der Waals surface area contributed by atoms with E-state index in [1.165, 1.54) is 0 Å². The second kappa shape index (κ2) is 5.95. The van der Waals surface area contributed by atoms with Gasteiger partial charge in [0, 0.05) is 42.1 Å². The average molecular weight is 354 g/mol. The lowest BCUT2D eigenvalue weighted by Gasteiger charge is -2.44. The molecule has 1 amide bonds. The molecule has 2 aliphatic heterocycles. The molecule has 26 heavy (non-hydrogen) atoms. The summed E-state index contributed by atoms with van der Waals surface area (Å²) in [6, 6.07) is 9.89. The Morgan fingerprint density at radius 1 is 1.19 bits per heavy atom. The molecule has 3 heterocycles. The molecule has 2 fully saturated rings. The van der Waals surface area contributed by atoms with Crippen molar-refractivity contribution in [3.63, 3.8) is 0 Å². The number of benzene rings is 1. The van der Waals surface area contributed by atoms with Crippen molar-refractivity contribution >= 4 is 17.0 Å². The molecule has 0 saturated carbocycles. The van der Waals surface area contributed by atoms with Crippen LogP contribution in [0.15, 0.2) is 36.5 Å². The van der Waals surface area contributed by atoms with Crippen molar-refractivity contribution in [2.24, 2.45) is 0 Å². The monoisotopic (exact) mass is 354 g/mol. The molecule has 5 nitrogen and oxygen atoms in total. The van der Waals surface area contributed by atoms with E-state index in [9.17, 15) is 9.90 Å². The molecule has 138 valence electrons. The lowest BCUT2D eigenvalue weighted by Crippen LogP contribution is -2.53. The van der Waals surface area contributed by atoms with E-state index in [2.05, 4.69) is 4.98 Å². The summed E-state index contributed by atoms with van der Waals surface area (Å²) in [7, 11) is 0. The molecule has 2 bridgehead atoms. The zero-order valence-electron chi connectivity index (χ0n) is 15.6. The smallest absolute Gasteiger partial charge is 0.410 e. The normalized spacial score (nSPS) is 28.4. The average Bonchev–Trinajstić information content (AvgIpc) is 2.85. The van der Waals surface area contributed by atoms with Gasteiger partial charge in [-0.2, -0.15) is 0 Å². The first-order valence-electron chi connectivity index (χ1n) is 9.35. The van der Waals surface area contributed by atoms with Gasteiger partial charge in [-0.3, -0.25) is 4.98 Å². The number of carbonyl (C=O) groups is 1. The lowest BCUT2D eigenvalue weighted by atomic mass is 9.79. The summed E-state index contributed by atoms with van der Waals surface area (Å²) in [5, 5.41) is 12.6. The van der Waals surface area contributed by atoms with E-state index >= 15 is 0 Å². The summed E-state index contributed by atoms with van der Waals surface area (Å²) in [6.45, 7) is 5.65. The summed E-state index contributed by atoms with van der Waals surface area (Å²) in [4.78, 5) is 19.0. The van der Waals surface area contributed by atoms with Crippen LogP contribution in [-0.4, -0.2) is 38.8 Å². The predicted octanol–water partition coefficient (Wildman–Crippen LogP) is 3.98. The van der Waals surface area contributed by atoms with Crippen molar-refractivity contribution in [3.05, 3.63) is 42.1 Å². The standard InChI is InChI=1S/C21H26N2O3/c1-20(2,3)26-19(24)23-15-9-10-16(23)13-21(25,12-15)17-8-4-6-14-7-5-11-22-18(14)17/h4-8,11,15-16,25H,9-10,12-13H2,1-3H3. The number of nitrogens with zero attached hydrogens (tertiary/aromatic N) is 2. The molecule has 2 atom stereocenters. The Bertz CT molecular complexity index is 823. The molecule has 5 heteroatoms. The highest BCUT2D eigenvalue weighted by molar-refractivity contribution is 5.82. The van der Waals surface area contributed by atoms with Gasteiger partial charge in [-0.1, -0.05) is 24.3 Å². The Morgan fingerprint density at radius 3 is 2.50 bits per heavy atom. The summed E-state index contributed by atoms with van der Waals surface area (Å²) in [6.07, 6.45) is 4.37. The Kier molecular flexibility index (Phi) is 3.95. The first-order chi connectivity index (χ1) is 12.3. The number of ether oxygens (including phenoxy) is 1. The number of pyridine rings is 1. The number of hydrogen-bond acceptors (Lipinski definition) is 4. The zero-order valence-corrected chi connectivity index (χ0v) is 15.6. The van der Waals surface area contributed by atoms with Crippen LogP contribution >= 0.6 is 0 Å². The number of aliphatic hydroxyl groups is 1. The molecule has 1 aromatic heterocycles. The van der Waals surface area contributed by atoms with Gasteiger partial charge in [0.1, 0.15) is 5.60 Å². The van der Waals surface area contributed by atoms with Gasteiger partial charge in [-0.15, -0.1) is 0 Å².